The number of Topliss-reactive ketones (excluding diaryl/α,β-unsaturated/α-hetero) is 1. The summed E-state index contributed by atoms with van der Waals surface area (Å²) in [4.78, 5) is 22.7. The second kappa shape index (κ2) is 5.91. The largest absolute Gasteiger partial charge is 0.287 e. The predicted molar refractivity (Wildman–Crippen MR) is 75.3 cm³/mol. The normalized spacial score (nSPS) is 10.8. The van der Waals surface area contributed by atoms with Gasteiger partial charge in [0.2, 0.25) is 5.78 Å². The molecular formula is C14H8N2O3S. The lowest BCUT2D eigenvalue weighted by atomic mass is 10.1. The van der Waals surface area contributed by atoms with E-state index in [0.717, 1.165) is 0 Å². The van der Waals surface area contributed by atoms with Crippen molar-refractivity contribution in [1.29, 1.82) is 5.26 Å². The van der Waals surface area contributed by atoms with Gasteiger partial charge in [-0.1, -0.05) is 18.2 Å². The first-order valence-corrected chi connectivity index (χ1v) is 6.44. The quantitative estimate of drug-likeness (QED) is 0.283. The Balaban J connectivity index is 2.37. The number of nitro groups is 1. The number of carbonyl (C=O) groups excluding carboxylic acids is 1. The van der Waals surface area contributed by atoms with Crippen LogP contribution < -0.4 is 0 Å². The van der Waals surface area contributed by atoms with Gasteiger partial charge in [-0.2, -0.15) is 5.26 Å². The standard InChI is InChI=1S/C14H8N2O3S/c15-9-11(14(17)13-5-2-6-20-13)7-10-3-1-4-12(8-10)16(18)19/h1-8H/b11-7+. The molecule has 0 bridgehead atoms. The number of carbonyl (C=O) groups is 1. The van der Waals surface area contributed by atoms with E-state index in [0.29, 0.717) is 10.4 Å². The molecule has 1 aromatic heterocycles. The molecule has 0 atom stereocenters. The Kier molecular flexibility index (Phi) is 4.03. The van der Waals surface area contributed by atoms with E-state index in [-0.39, 0.29) is 17.0 Å². The number of ketones is 1. The van der Waals surface area contributed by atoms with Gasteiger partial charge in [-0.05, 0) is 23.1 Å². The van der Waals surface area contributed by atoms with Crippen LogP contribution in [0.2, 0.25) is 0 Å². The highest BCUT2D eigenvalue weighted by Gasteiger charge is 2.13. The third-order valence-corrected chi connectivity index (χ3v) is 3.37. The molecule has 1 heterocycles. The van der Waals surface area contributed by atoms with Gasteiger partial charge >= 0.3 is 0 Å². The molecule has 6 heteroatoms. The molecule has 1 aromatic carbocycles. The van der Waals surface area contributed by atoms with Crippen LogP contribution in [-0.2, 0) is 0 Å². The van der Waals surface area contributed by atoms with Crippen molar-refractivity contribution >= 4 is 28.9 Å². The molecule has 98 valence electrons. The van der Waals surface area contributed by atoms with Crippen molar-refractivity contribution in [3.05, 3.63) is 67.9 Å². The summed E-state index contributed by atoms with van der Waals surface area (Å²) in [6.45, 7) is 0. The fraction of sp³-hybridized carbons (Fsp3) is 0. The van der Waals surface area contributed by atoms with Gasteiger partial charge in [0.25, 0.3) is 5.69 Å². The Morgan fingerprint density at radius 2 is 2.15 bits per heavy atom. The minimum atomic E-state index is -0.523. The van der Waals surface area contributed by atoms with Gasteiger partial charge < -0.3 is 0 Å². The molecule has 0 saturated carbocycles. The molecule has 0 saturated heterocycles. The first kappa shape index (κ1) is 13.6. The van der Waals surface area contributed by atoms with Crippen LogP contribution in [0.25, 0.3) is 6.08 Å². The molecule has 2 rings (SSSR count). The topological polar surface area (TPSA) is 84.0 Å². The molecule has 0 unspecified atom stereocenters. The van der Waals surface area contributed by atoms with E-state index in [4.69, 9.17) is 5.26 Å². The second-order valence-corrected chi connectivity index (χ2v) is 4.78. The fourth-order valence-corrected chi connectivity index (χ4v) is 2.26. The van der Waals surface area contributed by atoms with Crippen molar-refractivity contribution in [2.24, 2.45) is 0 Å². The van der Waals surface area contributed by atoms with E-state index >= 15 is 0 Å². The van der Waals surface area contributed by atoms with Crippen LogP contribution in [0, 0.1) is 21.4 Å². The number of nitriles is 1. The van der Waals surface area contributed by atoms with E-state index in [1.165, 1.54) is 35.6 Å². The van der Waals surface area contributed by atoms with Gasteiger partial charge in [-0.15, -0.1) is 11.3 Å². The number of rotatable bonds is 4. The lowest BCUT2D eigenvalue weighted by molar-refractivity contribution is -0.384. The SMILES string of the molecule is N#C/C(=C\c1cccc([N+](=O)[O-])c1)C(=O)c1cccs1. The van der Waals surface area contributed by atoms with E-state index in [2.05, 4.69) is 0 Å². The van der Waals surface area contributed by atoms with Crippen molar-refractivity contribution in [3.63, 3.8) is 0 Å². The predicted octanol–water partition coefficient (Wildman–Crippen LogP) is 3.45. The Hall–Kier alpha value is -2.78. The highest BCUT2D eigenvalue weighted by molar-refractivity contribution is 7.12. The molecule has 2 aromatic rings. The van der Waals surface area contributed by atoms with Crippen LogP contribution in [-0.4, -0.2) is 10.7 Å². The summed E-state index contributed by atoms with van der Waals surface area (Å²) < 4.78 is 0. The van der Waals surface area contributed by atoms with Gasteiger partial charge in [0.15, 0.2) is 0 Å². The molecule has 0 radical (unpaired) electrons. The van der Waals surface area contributed by atoms with Crippen LogP contribution in [0.15, 0.2) is 47.4 Å². The van der Waals surface area contributed by atoms with Crippen LogP contribution in [0.5, 0.6) is 0 Å². The number of hydrogen-bond donors (Lipinski definition) is 0. The molecule has 0 aliphatic carbocycles. The number of nitrogens with zero attached hydrogens (tertiary/aromatic N) is 2. The smallest absolute Gasteiger partial charge is 0.270 e. The molecule has 0 aliphatic rings. The van der Waals surface area contributed by atoms with Crippen LogP contribution >= 0.6 is 11.3 Å². The summed E-state index contributed by atoms with van der Waals surface area (Å²) in [5.74, 6) is -0.381. The van der Waals surface area contributed by atoms with Gasteiger partial charge in [0, 0.05) is 12.1 Å². The monoisotopic (exact) mass is 284 g/mol. The highest BCUT2D eigenvalue weighted by atomic mass is 32.1. The lowest BCUT2D eigenvalue weighted by Gasteiger charge is -1.97. The van der Waals surface area contributed by atoms with E-state index < -0.39 is 4.92 Å². The van der Waals surface area contributed by atoms with Gasteiger partial charge in [0.05, 0.1) is 9.80 Å². The van der Waals surface area contributed by atoms with Crippen LogP contribution in [0.3, 0.4) is 0 Å². The average molecular weight is 284 g/mol. The maximum atomic E-state index is 12.0. The van der Waals surface area contributed by atoms with Crippen molar-refractivity contribution in [1.82, 2.24) is 0 Å². The molecule has 0 aliphatic heterocycles. The van der Waals surface area contributed by atoms with E-state index in [1.807, 2.05) is 6.07 Å². The Morgan fingerprint density at radius 1 is 1.35 bits per heavy atom. The second-order valence-electron chi connectivity index (χ2n) is 3.83. The van der Waals surface area contributed by atoms with E-state index in [9.17, 15) is 14.9 Å². The summed E-state index contributed by atoms with van der Waals surface area (Å²) in [7, 11) is 0. The van der Waals surface area contributed by atoms with Gasteiger partial charge in [-0.25, -0.2) is 0 Å². The number of allylic oxidation sites excluding steroid dienone is 1. The molecule has 0 fully saturated rings. The third-order valence-electron chi connectivity index (χ3n) is 2.50. The maximum absolute atomic E-state index is 12.0. The average Bonchev–Trinajstić information content (AvgIpc) is 2.98. The van der Waals surface area contributed by atoms with Crippen molar-refractivity contribution in [2.75, 3.05) is 0 Å². The summed E-state index contributed by atoms with van der Waals surface area (Å²) in [5, 5.41) is 21.5. The Bertz CT molecular complexity index is 727. The molecule has 0 N–H and O–H groups in total. The molecule has 5 nitrogen and oxygen atoms in total. The van der Waals surface area contributed by atoms with Crippen molar-refractivity contribution < 1.29 is 9.72 Å². The van der Waals surface area contributed by atoms with Gasteiger partial charge in [-0.3, -0.25) is 14.9 Å². The first-order chi connectivity index (χ1) is 9.61. The van der Waals surface area contributed by atoms with Crippen molar-refractivity contribution in [2.45, 2.75) is 0 Å². The number of thiophene rings is 1. The first-order valence-electron chi connectivity index (χ1n) is 5.56. The van der Waals surface area contributed by atoms with E-state index in [1.54, 1.807) is 23.6 Å². The number of hydrogen-bond acceptors (Lipinski definition) is 5. The Morgan fingerprint density at radius 3 is 2.75 bits per heavy atom. The maximum Gasteiger partial charge on any atom is 0.270 e. The van der Waals surface area contributed by atoms with Crippen LogP contribution in [0.1, 0.15) is 15.2 Å². The summed E-state index contributed by atoms with van der Waals surface area (Å²) >= 11 is 1.24. The molecule has 0 amide bonds. The molecular weight excluding hydrogens is 276 g/mol. The number of non-ortho nitro benzene ring substituents is 1. The summed E-state index contributed by atoms with van der Waals surface area (Å²) in [5.41, 5.74) is 0.313. The zero-order valence-electron chi connectivity index (χ0n) is 10.1. The Labute approximate surface area is 118 Å². The van der Waals surface area contributed by atoms with Gasteiger partial charge in [0.1, 0.15) is 11.6 Å². The summed E-state index contributed by atoms with van der Waals surface area (Å²) in [6, 6.07) is 11.0. The third kappa shape index (κ3) is 2.96. The fourth-order valence-electron chi connectivity index (χ4n) is 1.58. The summed E-state index contributed by atoms with van der Waals surface area (Å²) in [6.07, 6.45) is 1.36. The lowest BCUT2D eigenvalue weighted by Crippen LogP contribution is -1.99. The highest BCUT2D eigenvalue weighted by Crippen LogP contribution is 2.19. The number of benzene rings is 1. The zero-order valence-corrected chi connectivity index (χ0v) is 11.0. The van der Waals surface area contributed by atoms with Crippen LogP contribution in [0.4, 0.5) is 5.69 Å². The molecule has 0 spiro atoms. The zero-order chi connectivity index (χ0) is 14.5. The number of nitro benzene ring substituents is 1. The van der Waals surface area contributed by atoms with Crippen molar-refractivity contribution in [3.8, 4) is 6.07 Å². The molecule has 20 heavy (non-hydrogen) atoms. The minimum Gasteiger partial charge on any atom is -0.287 e. The minimum absolute atomic E-state index is 0.0482.